The lowest BCUT2D eigenvalue weighted by atomic mass is 10.1. The molecule has 92 valence electrons. The Kier molecular flexibility index (Phi) is 3.76. The molecule has 1 unspecified atom stereocenters. The summed E-state index contributed by atoms with van der Waals surface area (Å²) in [6, 6.07) is 7.70. The van der Waals surface area contributed by atoms with E-state index in [1.54, 1.807) is 0 Å². The molecule has 0 bridgehead atoms. The van der Waals surface area contributed by atoms with Gasteiger partial charge in [0.25, 0.3) is 5.91 Å². The number of amides is 1. The van der Waals surface area contributed by atoms with E-state index in [0.29, 0.717) is 12.5 Å². The maximum absolute atomic E-state index is 12.2. The summed E-state index contributed by atoms with van der Waals surface area (Å²) in [4.78, 5) is 18.7. The van der Waals surface area contributed by atoms with Crippen LogP contribution in [-0.4, -0.2) is 30.5 Å². The molecule has 17 heavy (non-hydrogen) atoms. The first-order valence-corrected chi connectivity index (χ1v) is 5.88. The zero-order valence-corrected chi connectivity index (χ0v) is 10.1. The molecule has 1 aliphatic heterocycles. The first-order chi connectivity index (χ1) is 8.20. The summed E-state index contributed by atoms with van der Waals surface area (Å²) in [5, 5.41) is 0. The average Bonchev–Trinajstić information content (AvgIpc) is 2.77. The summed E-state index contributed by atoms with van der Waals surface area (Å²) in [7, 11) is 0. The minimum absolute atomic E-state index is 0.105. The molecule has 2 N–H and O–H groups in total. The van der Waals surface area contributed by atoms with Gasteiger partial charge in [-0.2, -0.15) is 0 Å². The van der Waals surface area contributed by atoms with Gasteiger partial charge in [0.05, 0.1) is 6.61 Å². The first kappa shape index (κ1) is 12.1. The van der Waals surface area contributed by atoms with Crippen LogP contribution in [0.1, 0.15) is 22.3 Å². The fourth-order valence-electron chi connectivity index (χ4n) is 2.25. The zero-order chi connectivity index (χ0) is 12.3. The maximum atomic E-state index is 12.2. The molecular weight excluding hydrogens is 216 g/mol. The van der Waals surface area contributed by atoms with Crippen molar-refractivity contribution in [3.8, 4) is 0 Å². The van der Waals surface area contributed by atoms with Gasteiger partial charge < -0.3 is 9.74 Å². The van der Waals surface area contributed by atoms with E-state index >= 15 is 0 Å². The molecule has 1 aromatic rings. The topological polar surface area (TPSA) is 55.6 Å². The van der Waals surface area contributed by atoms with Gasteiger partial charge in [0, 0.05) is 24.6 Å². The summed E-state index contributed by atoms with van der Waals surface area (Å²) in [5.41, 5.74) is 1.87. The third-order valence-corrected chi connectivity index (χ3v) is 3.17. The minimum atomic E-state index is 0.105. The fourth-order valence-corrected chi connectivity index (χ4v) is 2.25. The second-order valence-corrected chi connectivity index (χ2v) is 4.61. The Balaban J connectivity index is 2.02. The van der Waals surface area contributed by atoms with Gasteiger partial charge in [-0.1, -0.05) is 17.7 Å². The van der Waals surface area contributed by atoms with Crippen LogP contribution in [0.5, 0.6) is 0 Å². The van der Waals surface area contributed by atoms with Crippen molar-refractivity contribution in [1.82, 2.24) is 4.90 Å². The van der Waals surface area contributed by atoms with Crippen LogP contribution in [0.2, 0.25) is 0 Å². The minimum Gasteiger partial charge on any atom is -0.338 e. The molecule has 0 radical (unpaired) electrons. The third kappa shape index (κ3) is 2.84. The van der Waals surface area contributed by atoms with E-state index in [1.165, 1.54) is 0 Å². The van der Waals surface area contributed by atoms with Crippen LogP contribution in [0.3, 0.4) is 0 Å². The largest absolute Gasteiger partial charge is 0.338 e. The standard InChI is InChI=1S/C13H18N2O2/c1-10-3-2-4-12(7-10)13(16)15-6-5-11(8-15)9-17-14/h2-4,7,11H,5-6,8-9,14H2,1H3. The van der Waals surface area contributed by atoms with Crippen LogP contribution in [0, 0.1) is 12.8 Å². The Morgan fingerprint density at radius 3 is 3.12 bits per heavy atom. The van der Waals surface area contributed by atoms with E-state index in [4.69, 9.17) is 5.90 Å². The number of likely N-dealkylation sites (tertiary alicyclic amines) is 1. The molecule has 1 amide bonds. The summed E-state index contributed by atoms with van der Waals surface area (Å²) >= 11 is 0. The quantitative estimate of drug-likeness (QED) is 0.803. The third-order valence-electron chi connectivity index (χ3n) is 3.17. The van der Waals surface area contributed by atoms with Crippen LogP contribution in [0.15, 0.2) is 24.3 Å². The molecular formula is C13H18N2O2. The monoisotopic (exact) mass is 234 g/mol. The number of benzene rings is 1. The van der Waals surface area contributed by atoms with Crippen molar-refractivity contribution in [3.63, 3.8) is 0 Å². The number of hydrogen-bond donors (Lipinski definition) is 1. The molecule has 2 rings (SSSR count). The average molecular weight is 234 g/mol. The molecule has 0 spiro atoms. The molecule has 1 atom stereocenters. The highest BCUT2D eigenvalue weighted by molar-refractivity contribution is 5.94. The molecule has 0 saturated carbocycles. The highest BCUT2D eigenvalue weighted by atomic mass is 16.6. The Morgan fingerprint density at radius 1 is 1.59 bits per heavy atom. The van der Waals surface area contributed by atoms with Crippen molar-refractivity contribution in [1.29, 1.82) is 0 Å². The van der Waals surface area contributed by atoms with Crippen LogP contribution in [0.4, 0.5) is 0 Å². The lowest BCUT2D eigenvalue weighted by molar-refractivity contribution is 0.0754. The molecule has 1 fully saturated rings. The van der Waals surface area contributed by atoms with E-state index in [1.807, 2.05) is 36.1 Å². The Labute approximate surface area is 101 Å². The lowest BCUT2D eigenvalue weighted by Gasteiger charge is -2.16. The van der Waals surface area contributed by atoms with E-state index < -0.39 is 0 Å². The highest BCUT2D eigenvalue weighted by Gasteiger charge is 2.26. The SMILES string of the molecule is Cc1cccc(C(=O)N2CCC(CON)C2)c1. The number of hydrogen-bond acceptors (Lipinski definition) is 3. The molecule has 0 aromatic heterocycles. The van der Waals surface area contributed by atoms with Gasteiger partial charge >= 0.3 is 0 Å². The zero-order valence-electron chi connectivity index (χ0n) is 10.1. The van der Waals surface area contributed by atoms with Crippen molar-refractivity contribution >= 4 is 5.91 Å². The smallest absolute Gasteiger partial charge is 0.253 e. The number of nitrogens with zero attached hydrogens (tertiary/aromatic N) is 1. The van der Waals surface area contributed by atoms with E-state index in [2.05, 4.69) is 4.84 Å². The van der Waals surface area contributed by atoms with Crippen LogP contribution < -0.4 is 5.90 Å². The number of rotatable bonds is 3. The molecule has 1 aromatic carbocycles. The number of aryl methyl sites for hydroxylation is 1. The Bertz CT molecular complexity index is 406. The van der Waals surface area contributed by atoms with Crippen LogP contribution >= 0.6 is 0 Å². The molecule has 0 aliphatic carbocycles. The number of carbonyl (C=O) groups is 1. The van der Waals surface area contributed by atoms with Gasteiger partial charge in [-0.15, -0.1) is 0 Å². The molecule has 4 nitrogen and oxygen atoms in total. The predicted octanol–water partition coefficient (Wildman–Crippen LogP) is 1.35. The molecule has 1 aliphatic rings. The van der Waals surface area contributed by atoms with Gasteiger partial charge in [-0.25, -0.2) is 5.90 Å². The number of nitrogens with two attached hydrogens (primary N) is 1. The summed E-state index contributed by atoms with van der Waals surface area (Å²) in [6.07, 6.45) is 0.967. The number of carbonyl (C=O) groups excluding carboxylic acids is 1. The maximum Gasteiger partial charge on any atom is 0.253 e. The lowest BCUT2D eigenvalue weighted by Crippen LogP contribution is -2.29. The van der Waals surface area contributed by atoms with Gasteiger partial charge in [0.2, 0.25) is 0 Å². The first-order valence-electron chi connectivity index (χ1n) is 5.88. The van der Waals surface area contributed by atoms with Crippen molar-refractivity contribution in [2.75, 3.05) is 19.7 Å². The normalized spacial score (nSPS) is 19.6. The summed E-state index contributed by atoms with van der Waals surface area (Å²) in [5.74, 6) is 5.53. The van der Waals surface area contributed by atoms with Crippen LogP contribution in [-0.2, 0) is 4.84 Å². The second kappa shape index (κ2) is 5.29. The van der Waals surface area contributed by atoms with Crippen LogP contribution in [0.25, 0.3) is 0 Å². The van der Waals surface area contributed by atoms with Gasteiger partial charge in [0.1, 0.15) is 0 Å². The highest BCUT2D eigenvalue weighted by Crippen LogP contribution is 2.19. The van der Waals surface area contributed by atoms with Gasteiger partial charge in [-0.05, 0) is 25.5 Å². The molecule has 4 heteroatoms. The second-order valence-electron chi connectivity index (χ2n) is 4.61. The summed E-state index contributed by atoms with van der Waals surface area (Å²) in [6.45, 7) is 4.05. The summed E-state index contributed by atoms with van der Waals surface area (Å²) < 4.78 is 0. The molecule has 1 saturated heterocycles. The van der Waals surface area contributed by atoms with Crippen molar-refractivity contribution < 1.29 is 9.63 Å². The van der Waals surface area contributed by atoms with Crippen molar-refractivity contribution in [2.45, 2.75) is 13.3 Å². The predicted molar refractivity (Wildman–Crippen MR) is 65.3 cm³/mol. The van der Waals surface area contributed by atoms with Gasteiger partial charge in [-0.3, -0.25) is 4.79 Å². The van der Waals surface area contributed by atoms with Crippen molar-refractivity contribution in [3.05, 3.63) is 35.4 Å². The molecule has 1 heterocycles. The van der Waals surface area contributed by atoms with Crippen molar-refractivity contribution in [2.24, 2.45) is 11.8 Å². The van der Waals surface area contributed by atoms with Gasteiger partial charge in [0.15, 0.2) is 0 Å². The Hall–Kier alpha value is -1.39. The van der Waals surface area contributed by atoms with E-state index in [9.17, 15) is 4.79 Å². The fraction of sp³-hybridized carbons (Fsp3) is 0.462. The van der Waals surface area contributed by atoms with E-state index in [0.717, 1.165) is 30.6 Å². The Morgan fingerprint density at radius 2 is 2.41 bits per heavy atom. The van der Waals surface area contributed by atoms with E-state index in [-0.39, 0.29) is 5.91 Å².